The summed E-state index contributed by atoms with van der Waals surface area (Å²) in [6.45, 7) is 6.52. The standard InChI is InChI=1S/C22H24N2O3/c1-5-11-27-20-10-9-17(14-21(20)26-4)13-19-16(3)23-24(22(19)25)18-8-6-7-15(2)12-18/h6-10,12-14H,5,11H2,1-4H3/b19-13+. The highest BCUT2D eigenvalue weighted by Crippen LogP contribution is 2.31. The number of anilines is 1. The van der Waals surface area contributed by atoms with Crippen molar-refractivity contribution in [2.24, 2.45) is 5.10 Å². The quantitative estimate of drug-likeness (QED) is 0.704. The minimum absolute atomic E-state index is 0.136. The number of ether oxygens (including phenoxy) is 2. The molecule has 3 rings (SSSR count). The molecule has 0 fully saturated rings. The summed E-state index contributed by atoms with van der Waals surface area (Å²) in [5.74, 6) is 1.21. The second-order valence-electron chi connectivity index (χ2n) is 6.46. The summed E-state index contributed by atoms with van der Waals surface area (Å²) < 4.78 is 11.1. The van der Waals surface area contributed by atoms with Crippen LogP contribution in [0.3, 0.4) is 0 Å². The van der Waals surface area contributed by atoms with E-state index in [1.54, 1.807) is 7.11 Å². The van der Waals surface area contributed by atoms with Crippen molar-refractivity contribution in [3.05, 3.63) is 59.2 Å². The van der Waals surface area contributed by atoms with Crippen molar-refractivity contribution < 1.29 is 14.3 Å². The molecule has 1 amide bonds. The van der Waals surface area contributed by atoms with Gasteiger partial charge >= 0.3 is 0 Å². The van der Waals surface area contributed by atoms with E-state index < -0.39 is 0 Å². The number of aryl methyl sites for hydroxylation is 1. The van der Waals surface area contributed by atoms with Gasteiger partial charge in [0, 0.05) is 0 Å². The minimum Gasteiger partial charge on any atom is -0.493 e. The average molecular weight is 364 g/mol. The molecule has 1 aliphatic heterocycles. The van der Waals surface area contributed by atoms with Gasteiger partial charge in [-0.1, -0.05) is 25.1 Å². The number of rotatable bonds is 6. The van der Waals surface area contributed by atoms with Gasteiger partial charge in [-0.05, 0) is 61.7 Å². The van der Waals surface area contributed by atoms with Gasteiger partial charge < -0.3 is 9.47 Å². The zero-order valence-corrected chi connectivity index (χ0v) is 16.2. The normalized spacial score (nSPS) is 15.3. The number of amides is 1. The fourth-order valence-corrected chi connectivity index (χ4v) is 2.89. The van der Waals surface area contributed by atoms with Crippen molar-refractivity contribution >= 4 is 23.4 Å². The Morgan fingerprint density at radius 1 is 1.11 bits per heavy atom. The predicted octanol–water partition coefficient (Wildman–Crippen LogP) is 4.60. The van der Waals surface area contributed by atoms with Gasteiger partial charge in [-0.15, -0.1) is 0 Å². The Balaban J connectivity index is 1.89. The van der Waals surface area contributed by atoms with Crippen molar-refractivity contribution in [3.63, 3.8) is 0 Å². The molecule has 0 bridgehead atoms. The van der Waals surface area contributed by atoms with Crippen LogP contribution in [-0.4, -0.2) is 25.3 Å². The molecule has 0 saturated heterocycles. The molecule has 0 atom stereocenters. The number of benzene rings is 2. The summed E-state index contributed by atoms with van der Waals surface area (Å²) in [6, 6.07) is 13.4. The number of carbonyl (C=O) groups excluding carboxylic acids is 1. The lowest BCUT2D eigenvalue weighted by atomic mass is 10.1. The number of hydrazone groups is 1. The molecule has 1 aliphatic rings. The molecule has 0 aliphatic carbocycles. The monoisotopic (exact) mass is 364 g/mol. The zero-order chi connectivity index (χ0) is 19.4. The summed E-state index contributed by atoms with van der Waals surface area (Å²) in [4.78, 5) is 12.9. The molecule has 140 valence electrons. The predicted molar refractivity (Wildman–Crippen MR) is 109 cm³/mol. The van der Waals surface area contributed by atoms with Crippen LogP contribution in [0.2, 0.25) is 0 Å². The lowest BCUT2D eigenvalue weighted by molar-refractivity contribution is -0.114. The van der Waals surface area contributed by atoms with Crippen molar-refractivity contribution in [2.45, 2.75) is 27.2 Å². The van der Waals surface area contributed by atoms with Crippen molar-refractivity contribution in [3.8, 4) is 11.5 Å². The van der Waals surface area contributed by atoms with Crippen LogP contribution in [-0.2, 0) is 4.79 Å². The first kappa shape index (κ1) is 18.7. The lowest BCUT2D eigenvalue weighted by Crippen LogP contribution is -2.21. The topological polar surface area (TPSA) is 51.1 Å². The second-order valence-corrected chi connectivity index (χ2v) is 6.46. The Bertz CT molecular complexity index is 916. The van der Waals surface area contributed by atoms with E-state index in [4.69, 9.17) is 9.47 Å². The van der Waals surface area contributed by atoms with Crippen molar-refractivity contribution in [1.29, 1.82) is 0 Å². The third-order valence-electron chi connectivity index (χ3n) is 4.27. The third-order valence-corrected chi connectivity index (χ3v) is 4.27. The molecule has 2 aromatic carbocycles. The first-order chi connectivity index (χ1) is 13.0. The van der Waals surface area contributed by atoms with E-state index in [1.165, 1.54) is 5.01 Å². The summed E-state index contributed by atoms with van der Waals surface area (Å²) in [5, 5.41) is 5.88. The van der Waals surface area contributed by atoms with Gasteiger partial charge in [-0.25, -0.2) is 0 Å². The first-order valence-electron chi connectivity index (χ1n) is 9.02. The number of hydrogen-bond acceptors (Lipinski definition) is 4. The molecule has 0 radical (unpaired) electrons. The molecule has 2 aromatic rings. The largest absolute Gasteiger partial charge is 0.493 e. The maximum absolute atomic E-state index is 12.9. The Morgan fingerprint density at radius 2 is 1.93 bits per heavy atom. The van der Waals surface area contributed by atoms with Crippen molar-refractivity contribution in [2.75, 3.05) is 18.7 Å². The maximum Gasteiger partial charge on any atom is 0.280 e. The molecule has 5 nitrogen and oxygen atoms in total. The summed E-state index contributed by atoms with van der Waals surface area (Å²) >= 11 is 0. The summed E-state index contributed by atoms with van der Waals surface area (Å²) in [5.41, 5.74) is 3.97. The molecular formula is C22H24N2O3. The SMILES string of the molecule is CCCOc1ccc(/C=C2/C(=O)N(c3cccc(C)c3)N=C2C)cc1OC. The second kappa shape index (κ2) is 8.08. The molecule has 0 saturated carbocycles. The fraction of sp³-hybridized carbons (Fsp3) is 0.273. The Morgan fingerprint density at radius 3 is 2.63 bits per heavy atom. The van der Waals surface area contributed by atoms with Crippen LogP contribution in [0, 0.1) is 6.92 Å². The van der Waals surface area contributed by atoms with Crippen LogP contribution >= 0.6 is 0 Å². The van der Waals surface area contributed by atoms with E-state index in [1.807, 2.05) is 62.4 Å². The molecule has 0 unspecified atom stereocenters. The fourth-order valence-electron chi connectivity index (χ4n) is 2.89. The molecule has 0 N–H and O–H groups in total. The summed E-state index contributed by atoms with van der Waals surface area (Å²) in [6.07, 6.45) is 2.76. The molecule has 5 heteroatoms. The maximum atomic E-state index is 12.9. The highest BCUT2D eigenvalue weighted by Gasteiger charge is 2.28. The van der Waals surface area contributed by atoms with Crippen LogP contribution in [0.25, 0.3) is 6.08 Å². The first-order valence-corrected chi connectivity index (χ1v) is 9.02. The Labute approximate surface area is 159 Å². The van der Waals surface area contributed by atoms with Gasteiger partial charge in [-0.2, -0.15) is 10.1 Å². The highest BCUT2D eigenvalue weighted by molar-refractivity contribution is 6.32. The van der Waals surface area contributed by atoms with Crippen LogP contribution in [0.5, 0.6) is 11.5 Å². The molecule has 1 heterocycles. The Kier molecular flexibility index (Phi) is 5.60. The van der Waals surface area contributed by atoms with Crippen LogP contribution in [0.4, 0.5) is 5.69 Å². The van der Waals surface area contributed by atoms with E-state index in [-0.39, 0.29) is 5.91 Å². The van der Waals surface area contributed by atoms with Crippen molar-refractivity contribution in [1.82, 2.24) is 0 Å². The van der Waals surface area contributed by atoms with Gasteiger partial charge in [0.05, 0.1) is 30.7 Å². The smallest absolute Gasteiger partial charge is 0.280 e. The minimum atomic E-state index is -0.136. The van der Waals surface area contributed by atoms with Gasteiger partial charge in [0.2, 0.25) is 0 Å². The Hall–Kier alpha value is -3.08. The van der Waals surface area contributed by atoms with Gasteiger partial charge in [0.25, 0.3) is 5.91 Å². The number of methoxy groups -OCH3 is 1. The third kappa shape index (κ3) is 4.03. The van der Waals surface area contributed by atoms with E-state index in [0.717, 1.165) is 23.2 Å². The van der Waals surface area contributed by atoms with Gasteiger partial charge in [0.1, 0.15) is 0 Å². The van der Waals surface area contributed by atoms with Gasteiger partial charge in [-0.3, -0.25) is 4.79 Å². The van der Waals surface area contributed by atoms with E-state index in [2.05, 4.69) is 12.0 Å². The molecule has 27 heavy (non-hydrogen) atoms. The average Bonchev–Trinajstić information content (AvgIpc) is 2.95. The number of carbonyl (C=O) groups is 1. The molecular weight excluding hydrogens is 340 g/mol. The van der Waals surface area contributed by atoms with E-state index in [0.29, 0.717) is 29.4 Å². The lowest BCUT2D eigenvalue weighted by Gasteiger charge is -2.12. The van der Waals surface area contributed by atoms with Crippen LogP contribution < -0.4 is 14.5 Å². The summed E-state index contributed by atoms with van der Waals surface area (Å²) in [7, 11) is 1.61. The number of nitrogens with zero attached hydrogens (tertiary/aromatic N) is 2. The highest BCUT2D eigenvalue weighted by atomic mass is 16.5. The zero-order valence-electron chi connectivity index (χ0n) is 16.2. The van der Waals surface area contributed by atoms with E-state index >= 15 is 0 Å². The molecule has 0 aromatic heterocycles. The van der Waals surface area contributed by atoms with E-state index in [9.17, 15) is 4.79 Å². The van der Waals surface area contributed by atoms with Gasteiger partial charge in [0.15, 0.2) is 11.5 Å². The molecule has 0 spiro atoms. The number of hydrogen-bond donors (Lipinski definition) is 0. The van der Waals surface area contributed by atoms with Crippen LogP contribution in [0.1, 0.15) is 31.4 Å². The van der Waals surface area contributed by atoms with Crippen LogP contribution in [0.15, 0.2) is 53.1 Å².